The van der Waals surface area contributed by atoms with Crippen LogP contribution in [-0.4, -0.2) is 5.11 Å². The van der Waals surface area contributed by atoms with Crippen molar-refractivity contribution < 1.29 is 9.50 Å². The molecule has 0 aliphatic heterocycles. The molecule has 1 saturated carbocycles. The molecule has 1 nitrogen and oxygen atoms in total. The first-order chi connectivity index (χ1) is 6.31. The second-order valence-electron chi connectivity index (χ2n) is 3.63. The van der Waals surface area contributed by atoms with Crippen LogP contribution in [0, 0.1) is 5.82 Å². The third-order valence-corrected chi connectivity index (χ3v) is 2.82. The molecule has 1 fully saturated rings. The Kier molecular flexibility index (Phi) is 2.32. The van der Waals surface area contributed by atoms with Gasteiger partial charge >= 0.3 is 0 Å². The molecule has 1 aromatic rings. The molecular weight excluding hydrogens is 167 g/mol. The van der Waals surface area contributed by atoms with Gasteiger partial charge in [-0.05, 0) is 42.0 Å². The molecular formula is C11H13FO. The first-order valence-corrected chi connectivity index (χ1v) is 4.70. The third-order valence-electron chi connectivity index (χ3n) is 2.82. The number of hydrogen-bond donors (Lipinski definition) is 1. The summed E-state index contributed by atoms with van der Waals surface area (Å²) in [6.07, 6.45) is 3.50. The summed E-state index contributed by atoms with van der Waals surface area (Å²) in [6.45, 7) is 0.0200. The van der Waals surface area contributed by atoms with Crippen LogP contribution in [0.1, 0.15) is 36.3 Å². The monoisotopic (exact) mass is 180 g/mol. The van der Waals surface area contributed by atoms with Crippen LogP contribution in [0.3, 0.4) is 0 Å². The predicted molar refractivity (Wildman–Crippen MR) is 48.9 cm³/mol. The van der Waals surface area contributed by atoms with E-state index in [4.69, 9.17) is 5.11 Å². The smallest absolute Gasteiger partial charge is 0.123 e. The van der Waals surface area contributed by atoms with Crippen molar-refractivity contribution >= 4 is 0 Å². The predicted octanol–water partition coefficient (Wildman–Crippen LogP) is 2.59. The van der Waals surface area contributed by atoms with Crippen LogP contribution < -0.4 is 0 Å². The van der Waals surface area contributed by atoms with E-state index in [1.807, 2.05) is 0 Å². The van der Waals surface area contributed by atoms with Crippen LogP contribution in [0.15, 0.2) is 18.2 Å². The number of aliphatic hydroxyl groups excluding tert-OH is 1. The van der Waals surface area contributed by atoms with Crippen molar-refractivity contribution in [1.82, 2.24) is 0 Å². The summed E-state index contributed by atoms with van der Waals surface area (Å²) in [5.74, 6) is 0.289. The normalized spacial score (nSPS) is 17.1. The lowest BCUT2D eigenvalue weighted by Crippen LogP contribution is -2.11. The fourth-order valence-electron chi connectivity index (χ4n) is 1.81. The highest BCUT2D eigenvalue weighted by molar-refractivity contribution is 5.31. The van der Waals surface area contributed by atoms with Gasteiger partial charge in [-0.2, -0.15) is 0 Å². The number of benzene rings is 1. The maximum absolute atomic E-state index is 12.9. The van der Waals surface area contributed by atoms with E-state index in [9.17, 15) is 4.39 Å². The number of hydrogen-bond acceptors (Lipinski definition) is 1. The van der Waals surface area contributed by atoms with E-state index in [0.29, 0.717) is 5.92 Å². The average Bonchev–Trinajstić information content (AvgIpc) is 2.02. The summed E-state index contributed by atoms with van der Waals surface area (Å²) < 4.78 is 12.9. The van der Waals surface area contributed by atoms with Crippen molar-refractivity contribution in [2.45, 2.75) is 31.8 Å². The van der Waals surface area contributed by atoms with Crippen molar-refractivity contribution in [2.75, 3.05) is 0 Å². The average molecular weight is 180 g/mol. The molecule has 0 radical (unpaired) electrons. The quantitative estimate of drug-likeness (QED) is 0.741. The fourth-order valence-corrected chi connectivity index (χ4v) is 1.81. The number of halogens is 1. The molecule has 0 amide bonds. The molecule has 1 aliphatic rings. The van der Waals surface area contributed by atoms with Gasteiger partial charge < -0.3 is 5.11 Å². The van der Waals surface area contributed by atoms with Gasteiger partial charge in [-0.1, -0.05) is 12.5 Å². The van der Waals surface area contributed by atoms with E-state index in [-0.39, 0.29) is 12.4 Å². The van der Waals surface area contributed by atoms with Crippen molar-refractivity contribution in [1.29, 1.82) is 0 Å². The van der Waals surface area contributed by atoms with Gasteiger partial charge in [0.25, 0.3) is 0 Å². The zero-order chi connectivity index (χ0) is 9.26. The lowest BCUT2D eigenvalue weighted by molar-refractivity contribution is 0.277. The molecule has 2 heteroatoms. The van der Waals surface area contributed by atoms with Gasteiger partial charge in [-0.25, -0.2) is 4.39 Å². The Hall–Kier alpha value is -0.890. The number of rotatable bonds is 2. The molecule has 0 spiro atoms. The summed E-state index contributed by atoms with van der Waals surface area (Å²) in [5, 5.41) is 9.06. The van der Waals surface area contributed by atoms with E-state index in [2.05, 4.69) is 0 Å². The van der Waals surface area contributed by atoms with Crippen molar-refractivity contribution in [3.05, 3.63) is 35.1 Å². The first-order valence-electron chi connectivity index (χ1n) is 4.70. The Morgan fingerprint density at radius 3 is 2.69 bits per heavy atom. The molecule has 1 aromatic carbocycles. The Morgan fingerprint density at radius 1 is 1.38 bits per heavy atom. The van der Waals surface area contributed by atoms with Crippen LogP contribution in [0.4, 0.5) is 4.39 Å². The summed E-state index contributed by atoms with van der Waals surface area (Å²) in [5.41, 5.74) is 1.89. The van der Waals surface area contributed by atoms with Gasteiger partial charge in [-0.15, -0.1) is 0 Å². The molecule has 0 atom stereocenters. The molecule has 0 unspecified atom stereocenters. The van der Waals surface area contributed by atoms with Crippen molar-refractivity contribution in [3.8, 4) is 0 Å². The van der Waals surface area contributed by atoms with Crippen LogP contribution in [0.5, 0.6) is 0 Å². The molecule has 13 heavy (non-hydrogen) atoms. The van der Waals surface area contributed by atoms with Gasteiger partial charge in [0.05, 0.1) is 6.61 Å². The Balaban J connectivity index is 2.33. The minimum atomic E-state index is -0.195. The van der Waals surface area contributed by atoms with Gasteiger partial charge in [0, 0.05) is 0 Å². The van der Waals surface area contributed by atoms with Gasteiger partial charge in [0.2, 0.25) is 0 Å². The third kappa shape index (κ3) is 1.59. The number of aliphatic hydroxyl groups is 1. The first kappa shape index (κ1) is 8.70. The minimum Gasteiger partial charge on any atom is -0.392 e. The minimum absolute atomic E-state index is 0.0200. The second kappa shape index (κ2) is 3.46. The highest BCUT2D eigenvalue weighted by Crippen LogP contribution is 2.38. The van der Waals surface area contributed by atoms with E-state index >= 15 is 0 Å². The van der Waals surface area contributed by atoms with Crippen LogP contribution in [0.25, 0.3) is 0 Å². The standard InChI is InChI=1S/C11H13FO/c12-10-5-4-9(7-13)11(6-10)8-2-1-3-8/h4-6,8,13H,1-3,7H2. The highest BCUT2D eigenvalue weighted by Gasteiger charge is 2.22. The molecule has 70 valence electrons. The fraction of sp³-hybridized carbons (Fsp3) is 0.455. The van der Waals surface area contributed by atoms with Gasteiger partial charge in [0.1, 0.15) is 5.82 Å². The second-order valence-corrected chi connectivity index (χ2v) is 3.63. The zero-order valence-corrected chi connectivity index (χ0v) is 7.46. The topological polar surface area (TPSA) is 20.2 Å². The maximum Gasteiger partial charge on any atom is 0.123 e. The molecule has 1 aliphatic carbocycles. The van der Waals surface area contributed by atoms with Crippen molar-refractivity contribution in [2.24, 2.45) is 0 Å². The summed E-state index contributed by atoms with van der Waals surface area (Å²) in [4.78, 5) is 0. The Morgan fingerprint density at radius 2 is 2.15 bits per heavy atom. The van der Waals surface area contributed by atoms with Gasteiger partial charge in [0.15, 0.2) is 0 Å². The molecule has 0 aromatic heterocycles. The molecule has 1 N–H and O–H groups in total. The molecule has 0 bridgehead atoms. The molecule has 2 rings (SSSR count). The summed E-state index contributed by atoms with van der Waals surface area (Å²) in [7, 11) is 0. The summed E-state index contributed by atoms with van der Waals surface area (Å²) >= 11 is 0. The van der Waals surface area contributed by atoms with Crippen LogP contribution in [-0.2, 0) is 6.61 Å². The SMILES string of the molecule is OCc1ccc(F)cc1C1CCC1. The lowest BCUT2D eigenvalue weighted by atomic mass is 9.78. The van der Waals surface area contributed by atoms with E-state index in [0.717, 1.165) is 24.0 Å². The maximum atomic E-state index is 12.9. The van der Waals surface area contributed by atoms with Crippen LogP contribution >= 0.6 is 0 Å². The summed E-state index contributed by atoms with van der Waals surface area (Å²) in [6, 6.07) is 4.66. The Bertz CT molecular complexity index is 305. The van der Waals surface area contributed by atoms with E-state index in [1.165, 1.54) is 12.5 Å². The highest BCUT2D eigenvalue weighted by atomic mass is 19.1. The lowest BCUT2D eigenvalue weighted by Gasteiger charge is -2.27. The molecule has 0 heterocycles. The van der Waals surface area contributed by atoms with Crippen molar-refractivity contribution in [3.63, 3.8) is 0 Å². The molecule has 0 saturated heterocycles. The van der Waals surface area contributed by atoms with E-state index < -0.39 is 0 Å². The van der Waals surface area contributed by atoms with E-state index in [1.54, 1.807) is 12.1 Å². The Labute approximate surface area is 77.2 Å². The van der Waals surface area contributed by atoms with Crippen LogP contribution in [0.2, 0.25) is 0 Å². The zero-order valence-electron chi connectivity index (χ0n) is 7.46. The van der Waals surface area contributed by atoms with Gasteiger partial charge in [-0.3, -0.25) is 0 Å². The largest absolute Gasteiger partial charge is 0.392 e.